The van der Waals surface area contributed by atoms with Crippen LogP contribution in [-0.2, 0) is 3.07 Å². The summed E-state index contributed by atoms with van der Waals surface area (Å²) in [4.78, 5) is 0. The van der Waals surface area contributed by atoms with Crippen molar-refractivity contribution in [1.29, 1.82) is 0 Å². The second-order valence-corrected chi connectivity index (χ2v) is 20.7. The van der Waals surface area contributed by atoms with Crippen LogP contribution in [-0.4, -0.2) is 24.9 Å². The molecule has 2 heteroatoms. The molecular formula is C24H50OSn. The van der Waals surface area contributed by atoms with Crippen LogP contribution >= 0.6 is 0 Å². The van der Waals surface area contributed by atoms with Gasteiger partial charge in [0.05, 0.1) is 0 Å². The van der Waals surface area contributed by atoms with E-state index in [-0.39, 0.29) is 0 Å². The van der Waals surface area contributed by atoms with Crippen molar-refractivity contribution in [3.05, 3.63) is 0 Å². The summed E-state index contributed by atoms with van der Waals surface area (Å²) in [5, 5.41) is 0. The minimum atomic E-state index is -2.42. The molecule has 0 amide bonds. The van der Waals surface area contributed by atoms with Crippen LogP contribution in [0.2, 0.25) is 13.3 Å². The van der Waals surface area contributed by atoms with Gasteiger partial charge in [0.15, 0.2) is 0 Å². The number of unbranched alkanes of at least 4 members (excludes halogenated alkanes) is 3. The Morgan fingerprint density at radius 1 is 0.577 bits per heavy atom. The predicted molar refractivity (Wildman–Crippen MR) is 121 cm³/mol. The van der Waals surface area contributed by atoms with E-state index in [0.29, 0.717) is 6.10 Å². The molecule has 0 aromatic rings. The summed E-state index contributed by atoms with van der Waals surface area (Å²) in [5.41, 5.74) is 0. The van der Waals surface area contributed by atoms with E-state index in [2.05, 4.69) is 20.8 Å². The molecule has 1 aliphatic carbocycles. The Morgan fingerprint density at radius 2 is 0.923 bits per heavy atom. The maximum absolute atomic E-state index is 7.30. The van der Waals surface area contributed by atoms with Crippen molar-refractivity contribution in [1.82, 2.24) is 0 Å². The average molecular weight is 473 g/mol. The monoisotopic (exact) mass is 474 g/mol. The van der Waals surface area contributed by atoms with Gasteiger partial charge in [-0.15, -0.1) is 0 Å². The molecule has 26 heavy (non-hydrogen) atoms. The molecule has 0 spiro atoms. The third-order valence-corrected chi connectivity index (χ3v) is 19.6. The van der Waals surface area contributed by atoms with Crippen LogP contribution < -0.4 is 0 Å². The van der Waals surface area contributed by atoms with Crippen molar-refractivity contribution in [3.8, 4) is 0 Å². The Labute approximate surface area is 170 Å². The molecular weight excluding hydrogens is 423 g/mol. The van der Waals surface area contributed by atoms with Gasteiger partial charge in [-0.25, -0.2) is 0 Å². The topological polar surface area (TPSA) is 9.23 Å². The summed E-state index contributed by atoms with van der Waals surface area (Å²) in [6.45, 7) is 7.10. The number of hydrogen-bond acceptors (Lipinski definition) is 1. The average Bonchev–Trinajstić information content (AvgIpc) is 2.65. The Morgan fingerprint density at radius 3 is 1.27 bits per heavy atom. The fourth-order valence-electron chi connectivity index (χ4n) is 4.65. The zero-order valence-electron chi connectivity index (χ0n) is 18.6. The molecule has 0 heterocycles. The molecule has 1 fully saturated rings. The zero-order chi connectivity index (χ0) is 18.9. The first-order valence-electron chi connectivity index (χ1n) is 12.4. The van der Waals surface area contributed by atoms with Gasteiger partial charge in [-0.1, -0.05) is 0 Å². The van der Waals surface area contributed by atoms with Crippen molar-refractivity contribution in [2.45, 2.75) is 149 Å². The summed E-state index contributed by atoms with van der Waals surface area (Å²) in [6.07, 6.45) is 24.8. The Bertz CT molecular complexity index is 271. The fraction of sp³-hybridized carbons (Fsp3) is 1.00. The first kappa shape index (κ1) is 24.8. The van der Waals surface area contributed by atoms with Crippen molar-refractivity contribution < 1.29 is 3.07 Å². The van der Waals surface area contributed by atoms with Gasteiger partial charge >= 0.3 is 171 Å². The molecule has 1 rings (SSSR count). The Balaban J connectivity index is 2.72. The Hall–Kier alpha value is 0.759. The molecule has 156 valence electrons. The molecule has 0 bridgehead atoms. The molecule has 0 N–H and O–H groups in total. The van der Waals surface area contributed by atoms with Crippen molar-refractivity contribution in [2.75, 3.05) is 0 Å². The summed E-state index contributed by atoms with van der Waals surface area (Å²) >= 11 is -2.42. The maximum atomic E-state index is 7.30. The number of rotatable bonds is 11. The number of hydrogen-bond donors (Lipinski definition) is 0. The standard InChI is InChI=1S/C12H23O.3C4H9.Sn/c13-12-10-8-6-4-2-1-3-5-7-9-11-12;3*1-3-4-2;/h12H,1-11H2;3*1,3-4H2,2H3;/q-1;;;;+1. The quantitative estimate of drug-likeness (QED) is 0.272. The fourth-order valence-corrected chi connectivity index (χ4v) is 19.0. The van der Waals surface area contributed by atoms with E-state index >= 15 is 0 Å². The van der Waals surface area contributed by atoms with E-state index in [0.717, 1.165) is 0 Å². The SMILES string of the molecule is CCC[CH2][Sn]([CH2]CCC)([CH2]CCC)[O]C1CCCCCCCCCCC1. The first-order chi connectivity index (χ1) is 12.8. The molecule has 0 aliphatic heterocycles. The molecule has 0 aromatic carbocycles. The van der Waals surface area contributed by atoms with Gasteiger partial charge in [0, 0.05) is 0 Å². The van der Waals surface area contributed by atoms with Crippen LogP contribution in [0, 0.1) is 0 Å². The van der Waals surface area contributed by atoms with Gasteiger partial charge in [-0.05, 0) is 0 Å². The molecule has 0 aromatic heterocycles. The third kappa shape index (κ3) is 11.6. The first-order valence-corrected chi connectivity index (χ1v) is 19.7. The molecule has 0 unspecified atom stereocenters. The van der Waals surface area contributed by atoms with Gasteiger partial charge in [0.1, 0.15) is 0 Å². The van der Waals surface area contributed by atoms with Gasteiger partial charge in [-0.3, -0.25) is 0 Å². The minimum absolute atomic E-state index is 0.621. The van der Waals surface area contributed by atoms with Crippen LogP contribution in [0.15, 0.2) is 0 Å². The normalized spacial score (nSPS) is 19.0. The predicted octanol–water partition coefficient (Wildman–Crippen LogP) is 9.02. The van der Waals surface area contributed by atoms with Crippen LogP contribution in [0.4, 0.5) is 0 Å². The van der Waals surface area contributed by atoms with E-state index in [1.54, 1.807) is 0 Å². The van der Waals surface area contributed by atoms with Crippen molar-refractivity contribution >= 4 is 18.8 Å². The van der Waals surface area contributed by atoms with Gasteiger partial charge < -0.3 is 0 Å². The van der Waals surface area contributed by atoms with E-state index in [1.165, 1.54) is 122 Å². The van der Waals surface area contributed by atoms with Crippen LogP contribution in [0.5, 0.6) is 0 Å². The molecule has 1 nitrogen and oxygen atoms in total. The summed E-state index contributed by atoms with van der Waals surface area (Å²) in [5.74, 6) is 0. The molecule has 0 radical (unpaired) electrons. The second kappa shape index (κ2) is 16.7. The van der Waals surface area contributed by atoms with Gasteiger partial charge in [0.2, 0.25) is 0 Å². The summed E-state index contributed by atoms with van der Waals surface area (Å²) in [6, 6.07) is 0. The molecule has 1 saturated carbocycles. The summed E-state index contributed by atoms with van der Waals surface area (Å²) < 4.78 is 11.8. The molecule has 1 aliphatic rings. The van der Waals surface area contributed by atoms with Gasteiger partial charge in [-0.2, -0.15) is 0 Å². The third-order valence-electron chi connectivity index (χ3n) is 6.43. The second-order valence-electron chi connectivity index (χ2n) is 8.99. The Kier molecular flexibility index (Phi) is 15.9. The van der Waals surface area contributed by atoms with Crippen LogP contribution in [0.25, 0.3) is 0 Å². The van der Waals surface area contributed by atoms with E-state index in [1.807, 2.05) is 0 Å². The van der Waals surface area contributed by atoms with Crippen LogP contribution in [0.3, 0.4) is 0 Å². The zero-order valence-corrected chi connectivity index (χ0v) is 21.5. The van der Waals surface area contributed by atoms with Crippen LogP contribution in [0.1, 0.15) is 130 Å². The van der Waals surface area contributed by atoms with E-state index in [9.17, 15) is 0 Å². The molecule has 0 atom stereocenters. The summed E-state index contributed by atoms with van der Waals surface area (Å²) in [7, 11) is 0. The van der Waals surface area contributed by atoms with Crippen molar-refractivity contribution in [3.63, 3.8) is 0 Å². The van der Waals surface area contributed by atoms with Crippen molar-refractivity contribution in [2.24, 2.45) is 0 Å². The van der Waals surface area contributed by atoms with E-state index < -0.39 is 18.8 Å². The van der Waals surface area contributed by atoms with E-state index in [4.69, 9.17) is 3.07 Å². The molecule has 0 saturated heterocycles. The van der Waals surface area contributed by atoms with Gasteiger partial charge in [0.25, 0.3) is 0 Å².